The Hall–Kier alpha value is -0.550. The summed E-state index contributed by atoms with van der Waals surface area (Å²) < 4.78 is 1.09. The van der Waals surface area contributed by atoms with Gasteiger partial charge in [0, 0.05) is 25.1 Å². The lowest BCUT2D eigenvalue weighted by Crippen LogP contribution is -2.34. The van der Waals surface area contributed by atoms with Gasteiger partial charge in [0.15, 0.2) is 5.96 Å². The van der Waals surface area contributed by atoms with Crippen LogP contribution in [0.5, 0.6) is 0 Å². The lowest BCUT2D eigenvalue weighted by atomic mass is 10.2. The highest BCUT2D eigenvalue weighted by Crippen LogP contribution is 2.11. The van der Waals surface area contributed by atoms with Crippen molar-refractivity contribution in [3.63, 3.8) is 0 Å². The molecule has 0 aliphatic rings. The predicted molar refractivity (Wildman–Crippen MR) is 73.7 cm³/mol. The minimum atomic E-state index is 0. The van der Waals surface area contributed by atoms with Gasteiger partial charge in [-0.15, -0.1) is 17.0 Å². The second kappa shape index (κ2) is 7.70. The molecule has 0 saturated heterocycles. The number of hydrogen-bond acceptors (Lipinski definition) is 1. The first kappa shape index (κ1) is 14.5. The number of nitrogens with one attached hydrogen (secondary N) is 2. The highest BCUT2D eigenvalue weighted by Gasteiger charge is 1.95. The summed E-state index contributed by atoms with van der Waals surface area (Å²) in [6.45, 7) is 0.771. The van der Waals surface area contributed by atoms with Gasteiger partial charge in [0.05, 0.1) is 0 Å². The number of aliphatic imine (C=N–C) groups is 1. The van der Waals surface area contributed by atoms with Gasteiger partial charge in [-0.05, 0) is 17.7 Å². The molecule has 84 valence electrons. The molecule has 15 heavy (non-hydrogen) atoms. The maximum absolute atomic E-state index is 4.03. The first-order chi connectivity index (χ1) is 6.76. The number of hydrogen-bond donors (Lipinski definition) is 2. The Morgan fingerprint density at radius 3 is 2.73 bits per heavy atom. The van der Waals surface area contributed by atoms with E-state index in [2.05, 4.69) is 43.7 Å². The molecule has 0 bridgehead atoms. The van der Waals surface area contributed by atoms with Crippen LogP contribution in [0.2, 0.25) is 0 Å². The van der Waals surface area contributed by atoms with Crippen LogP contribution in [0.25, 0.3) is 0 Å². The largest absolute Gasteiger partial charge is 0.359 e. The van der Waals surface area contributed by atoms with Gasteiger partial charge in [0.2, 0.25) is 0 Å². The predicted octanol–water partition coefficient (Wildman–Crippen LogP) is 2.32. The van der Waals surface area contributed by atoms with Crippen LogP contribution in [0, 0.1) is 0 Å². The number of rotatable bonds is 2. The smallest absolute Gasteiger partial charge is 0.190 e. The van der Waals surface area contributed by atoms with Crippen molar-refractivity contribution in [2.24, 2.45) is 4.99 Å². The second-order valence-electron chi connectivity index (χ2n) is 2.81. The number of halogens is 2. The molecule has 0 aliphatic carbocycles. The minimum Gasteiger partial charge on any atom is -0.359 e. The van der Waals surface area contributed by atoms with Crippen molar-refractivity contribution < 1.29 is 0 Å². The van der Waals surface area contributed by atoms with E-state index in [4.69, 9.17) is 0 Å². The van der Waals surface area contributed by atoms with Crippen LogP contribution >= 0.6 is 32.9 Å². The van der Waals surface area contributed by atoms with Crippen LogP contribution in [0.3, 0.4) is 0 Å². The molecule has 1 rings (SSSR count). The first-order valence-electron chi connectivity index (χ1n) is 4.39. The Morgan fingerprint density at radius 1 is 1.47 bits per heavy atom. The molecule has 0 amide bonds. The monoisotopic (exact) mass is 335 g/mol. The molecule has 0 aliphatic heterocycles. The Kier molecular flexibility index (Phi) is 7.42. The van der Waals surface area contributed by atoms with Crippen molar-refractivity contribution in [1.82, 2.24) is 10.6 Å². The normalized spacial score (nSPS) is 10.5. The van der Waals surface area contributed by atoms with Crippen molar-refractivity contribution in [3.05, 3.63) is 34.3 Å². The summed E-state index contributed by atoms with van der Waals surface area (Å²) >= 11 is 3.43. The van der Waals surface area contributed by atoms with E-state index in [1.54, 1.807) is 7.05 Å². The van der Waals surface area contributed by atoms with Crippen LogP contribution in [0.15, 0.2) is 33.7 Å². The minimum absolute atomic E-state index is 0. The van der Waals surface area contributed by atoms with Gasteiger partial charge >= 0.3 is 0 Å². The van der Waals surface area contributed by atoms with E-state index in [1.807, 2.05) is 19.2 Å². The SMILES string of the molecule is Br.CN=C(NC)NCc1cccc(Br)c1. The van der Waals surface area contributed by atoms with Crippen molar-refractivity contribution in [3.8, 4) is 0 Å². The van der Waals surface area contributed by atoms with Gasteiger partial charge in [-0.2, -0.15) is 0 Å². The van der Waals surface area contributed by atoms with E-state index in [9.17, 15) is 0 Å². The fourth-order valence-corrected chi connectivity index (χ4v) is 1.56. The van der Waals surface area contributed by atoms with E-state index >= 15 is 0 Å². The van der Waals surface area contributed by atoms with Gasteiger partial charge in [-0.1, -0.05) is 28.1 Å². The zero-order chi connectivity index (χ0) is 10.4. The summed E-state index contributed by atoms with van der Waals surface area (Å²) in [6.07, 6.45) is 0. The Labute approximate surface area is 109 Å². The lowest BCUT2D eigenvalue weighted by molar-refractivity contribution is 0.865. The van der Waals surface area contributed by atoms with Crippen molar-refractivity contribution in [2.45, 2.75) is 6.54 Å². The third-order valence-corrected chi connectivity index (χ3v) is 2.30. The van der Waals surface area contributed by atoms with Crippen LogP contribution in [0.1, 0.15) is 5.56 Å². The summed E-state index contributed by atoms with van der Waals surface area (Å²) in [5.41, 5.74) is 1.22. The van der Waals surface area contributed by atoms with E-state index in [0.29, 0.717) is 0 Å². The van der Waals surface area contributed by atoms with Gasteiger partial charge in [-0.3, -0.25) is 4.99 Å². The molecular weight excluding hydrogens is 322 g/mol. The van der Waals surface area contributed by atoms with E-state index in [-0.39, 0.29) is 17.0 Å². The molecular formula is C10H15Br2N3. The van der Waals surface area contributed by atoms with Crippen LogP contribution < -0.4 is 10.6 Å². The summed E-state index contributed by atoms with van der Waals surface area (Å²) in [7, 11) is 3.59. The zero-order valence-corrected chi connectivity index (χ0v) is 12.0. The van der Waals surface area contributed by atoms with Gasteiger partial charge in [0.25, 0.3) is 0 Å². The quantitative estimate of drug-likeness (QED) is 0.642. The van der Waals surface area contributed by atoms with Crippen molar-refractivity contribution in [1.29, 1.82) is 0 Å². The average Bonchev–Trinajstić information content (AvgIpc) is 2.19. The number of nitrogens with zero attached hydrogens (tertiary/aromatic N) is 1. The van der Waals surface area contributed by atoms with Gasteiger partial charge in [-0.25, -0.2) is 0 Å². The van der Waals surface area contributed by atoms with E-state index in [1.165, 1.54) is 5.56 Å². The Balaban J connectivity index is 0.00000196. The van der Waals surface area contributed by atoms with Crippen LogP contribution in [0.4, 0.5) is 0 Å². The maximum atomic E-state index is 4.03. The molecule has 0 heterocycles. The highest BCUT2D eigenvalue weighted by molar-refractivity contribution is 9.10. The topological polar surface area (TPSA) is 36.4 Å². The van der Waals surface area contributed by atoms with Crippen molar-refractivity contribution in [2.75, 3.05) is 14.1 Å². The molecule has 2 N–H and O–H groups in total. The van der Waals surface area contributed by atoms with E-state index in [0.717, 1.165) is 17.0 Å². The lowest BCUT2D eigenvalue weighted by Gasteiger charge is -2.08. The number of benzene rings is 1. The zero-order valence-electron chi connectivity index (χ0n) is 8.75. The summed E-state index contributed by atoms with van der Waals surface area (Å²) in [4.78, 5) is 4.03. The molecule has 0 radical (unpaired) electrons. The van der Waals surface area contributed by atoms with Crippen LogP contribution in [-0.4, -0.2) is 20.1 Å². The number of guanidine groups is 1. The molecule has 0 spiro atoms. The molecule has 0 atom stereocenters. The Bertz CT molecular complexity index is 326. The molecule has 0 unspecified atom stereocenters. The van der Waals surface area contributed by atoms with Crippen molar-refractivity contribution >= 4 is 38.9 Å². The highest BCUT2D eigenvalue weighted by atomic mass is 79.9. The van der Waals surface area contributed by atoms with Gasteiger partial charge in [0.1, 0.15) is 0 Å². The average molecular weight is 337 g/mol. The third kappa shape index (κ3) is 5.18. The molecule has 1 aromatic rings. The Morgan fingerprint density at radius 2 is 2.20 bits per heavy atom. The fraction of sp³-hybridized carbons (Fsp3) is 0.300. The summed E-state index contributed by atoms with van der Waals surface area (Å²) in [5.74, 6) is 0.796. The first-order valence-corrected chi connectivity index (χ1v) is 5.18. The molecule has 1 aromatic carbocycles. The van der Waals surface area contributed by atoms with Gasteiger partial charge < -0.3 is 10.6 Å². The standard InChI is InChI=1S/C10H14BrN3.BrH/c1-12-10(13-2)14-7-8-4-3-5-9(11)6-8;/h3-6H,7H2,1-2H3,(H2,12,13,14);1H. The van der Waals surface area contributed by atoms with Crippen LogP contribution in [-0.2, 0) is 6.54 Å². The van der Waals surface area contributed by atoms with E-state index < -0.39 is 0 Å². The maximum Gasteiger partial charge on any atom is 0.190 e. The molecule has 0 saturated carbocycles. The second-order valence-corrected chi connectivity index (χ2v) is 3.72. The molecule has 5 heteroatoms. The summed E-state index contributed by atoms with van der Waals surface area (Å²) in [5, 5.41) is 6.14. The molecule has 0 fully saturated rings. The molecule has 3 nitrogen and oxygen atoms in total. The third-order valence-electron chi connectivity index (χ3n) is 1.81. The fourth-order valence-electron chi connectivity index (χ4n) is 1.11. The summed E-state index contributed by atoms with van der Waals surface area (Å²) in [6, 6.07) is 8.18. The molecule has 0 aromatic heterocycles.